The van der Waals surface area contributed by atoms with E-state index in [4.69, 9.17) is 4.74 Å². The summed E-state index contributed by atoms with van der Waals surface area (Å²) in [4.78, 5) is 20.5. The smallest absolute Gasteiger partial charge is 0.227 e. The second-order valence-corrected chi connectivity index (χ2v) is 11.0. The number of carbonyl (C=O) groups is 1. The number of nitrogens with zero attached hydrogens (tertiary/aromatic N) is 3. The monoisotopic (exact) mass is 515 g/mol. The molecule has 3 aliphatic rings. The number of amides is 1. The Morgan fingerprint density at radius 2 is 1.57 bits per heavy atom. The van der Waals surface area contributed by atoms with Crippen LogP contribution in [0, 0.1) is 23.4 Å². The quantitative estimate of drug-likeness (QED) is 0.586. The maximum atomic E-state index is 15.0. The summed E-state index contributed by atoms with van der Waals surface area (Å²) < 4.78 is 47.9. The van der Waals surface area contributed by atoms with Gasteiger partial charge in [0.05, 0.1) is 12.0 Å². The lowest BCUT2D eigenvalue weighted by molar-refractivity contribution is -0.137. The summed E-state index contributed by atoms with van der Waals surface area (Å²) >= 11 is 0. The first-order chi connectivity index (χ1) is 17.7. The van der Waals surface area contributed by atoms with Gasteiger partial charge in [-0.1, -0.05) is 6.07 Å². The summed E-state index contributed by atoms with van der Waals surface area (Å²) in [6.45, 7) is 9.06. The molecule has 3 aliphatic heterocycles. The van der Waals surface area contributed by atoms with E-state index >= 15 is 0 Å². The van der Waals surface area contributed by atoms with Gasteiger partial charge in [-0.15, -0.1) is 0 Å². The van der Waals surface area contributed by atoms with Gasteiger partial charge in [0, 0.05) is 68.6 Å². The molecule has 5 rings (SSSR count). The number of rotatable bonds is 4. The van der Waals surface area contributed by atoms with Gasteiger partial charge in [0.25, 0.3) is 0 Å². The molecule has 3 heterocycles. The van der Waals surface area contributed by atoms with E-state index in [0.717, 1.165) is 24.6 Å². The highest BCUT2D eigenvalue weighted by molar-refractivity contribution is 5.81. The predicted octanol–water partition coefficient (Wildman–Crippen LogP) is 4.81. The largest absolute Gasteiger partial charge is 0.378 e. The second kappa shape index (κ2) is 10.7. The highest BCUT2D eigenvalue weighted by Crippen LogP contribution is 2.39. The lowest BCUT2D eigenvalue weighted by Crippen LogP contribution is -2.59. The second-order valence-electron chi connectivity index (χ2n) is 11.0. The Bertz CT molecular complexity index is 1100. The number of anilines is 1. The molecule has 3 saturated heterocycles. The molecule has 8 heteroatoms. The van der Waals surface area contributed by atoms with Gasteiger partial charge in [0.15, 0.2) is 0 Å². The molecule has 200 valence electrons. The third-order valence-electron chi connectivity index (χ3n) is 8.36. The van der Waals surface area contributed by atoms with Crippen LogP contribution in [0.3, 0.4) is 0 Å². The zero-order valence-electron chi connectivity index (χ0n) is 21.7. The van der Waals surface area contributed by atoms with Crippen molar-refractivity contribution in [3.05, 3.63) is 65.5 Å². The number of ether oxygens (including phenoxy) is 1. The third kappa shape index (κ3) is 5.36. The topological polar surface area (TPSA) is 36.0 Å². The van der Waals surface area contributed by atoms with Crippen molar-refractivity contribution >= 4 is 11.6 Å². The SMILES string of the molecule is C[C@@H]1C[C@H](N2CC(C(=O)N3C[C@@H](C)N(c4ccc(F)cc4)[C@@H](C)C3)[C@H](c3ccc(F)cc3F)C2)CCO1. The van der Waals surface area contributed by atoms with Crippen LogP contribution in [0.2, 0.25) is 0 Å². The van der Waals surface area contributed by atoms with Gasteiger partial charge in [-0.25, -0.2) is 13.2 Å². The first kappa shape index (κ1) is 26.0. The van der Waals surface area contributed by atoms with E-state index in [9.17, 15) is 18.0 Å². The molecule has 1 amide bonds. The third-order valence-corrected chi connectivity index (χ3v) is 8.36. The van der Waals surface area contributed by atoms with Gasteiger partial charge in [0.1, 0.15) is 17.5 Å². The van der Waals surface area contributed by atoms with Gasteiger partial charge >= 0.3 is 0 Å². The van der Waals surface area contributed by atoms with Crippen LogP contribution >= 0.6 is 0 Å². The van der Waals surface area contributed by atoms with Crippen LogP contribution in [-0.2, 0) is 9.53 Å². The number of carbonyl (C=O) groups excluding carboxylic acids is 1. The highest BCUT2D eigenvalue weighted by atomic mass is 19.1. The molecular weight excluding hydrogens is 479 g/mol. The molecule has 2 aromatic carbocycles. The molecule has 0 radical (unpaired) electrons. The van der Waals surface area contributed by atoms with Crippen LogP contribution in [0.5, 0.6) is 0 Å². The predicted molar refractivity (Wildman–Crippen MR) is 137 cm³/mol. The lowest BCUT2D eigenvalue weighted by Gasteiger charge is -2.46. The molecule has 6 atom stereocenters. The van der Waals surface area contributed by atoms with Crippen molar-refractivity contribution in [2.24, 2.45) is 5.92 Å². The molecule has 0 aliphatic carbocycles. The minimum atomic E-state index is -0.614. The number of hydrogen-bond donors (Lipinski definition) is 0. The first-order valence-corrected chi connectivity index (χ1v) is 13.3. The van der Waals surface area contributed by atoms with E-state index in [1.165, 1.54) is 24.3 Å². The fourth-order valence-corrected chi connectivity index (χ4v) is 6.67. The molecule has 1 unspecified atom stereocenters. The lowest BCUT2D eigenvalue weighted by atomic mass is 9.87. The molecule has 37 heavy (non-hydrogen) atoms. The summed E-state index contributed by atoms with van der Waals surface area (Å²) in [5.41, 5.74) is 1.34. The normalized spacial score (nSPS) is 31.1. The Hall–Kier alpha value is -2.58. The van der Waals surface area contributed by atoms with E-state index in [1.54, 1.807) is 12.1 Å². The van der Waals surface area contributed by atoms with Gasteiger partial charge in [0.2, 0.25) is 5.91 Å². The number of likely N-dealkylation sites (tertiary alicyclic amines) is 1. The number of hydrogen-bond acceptors (Lipinski definition) is 4. The minimum absolute atomic E-state index is 0.0220. The van der Waals surface area contributed by atoms with E-state index in [1.807, 2.05) is 4.90 Å². The van der Waals surface area contributed by atoms with Crippen molar-refractivity contribution in [2.45, 2.75) is 63.8 Å². The van der Waals surface area contributed by atoms with Gasteiger partial charge < -0.3 is 14.5 Å². The fourth-order valence-electron chi connectivity index (χ4n) is 6.67. The molecule has 0 bridgehead atoms. The van der Waals surface area contributed by atoms with Crippen molar-refractivity contribution < 1.29 is 22.7 Å². The molecule has 3 fully saturated rings. The molecule has 0 spiro atoms. The Balaban J connectivity index is 1.37. The van der Waals surface area contributed by atoms with Crippen molar-refractivity contribution in [1.29, 1.82) is 0 Å². The minimum Gasteiger partial charge on any atom is -0.378 e. The summed E-state index contributed by atoms with van der Waals surface area (Å²) in [7, 11) is 0. The summed E-state index contributed by atoms with van der Waals surface area (Å²) in [6, 6.07) is 10.5. The van der Waals surface area contributed by atoms with Crippen molar-refractivity contribution in [3.63, 3.8) is 0 Å². The van der Waals surface area contributed by atoms with Crippen molar-refractivity contribution in [1.82, 2.24) is 9.80 Å². The van der Waals surface area contributed by atoms with E-state index in [0.29, 0.717) is 38.3 Å². The van der Waals surface area contributed by atoms with Crippen molar-refractivity contribution in [3.8, 4) is 0 Å². The molecule has 2 aromatic rings. The van der Waals surface area contributed by atoms with Gasteiger partial charge in [-0.3, -0.25) is 9.69 Å². The van der Waals surface area contributed by atoms with Crippen LogP contribution in [0.1, 0.15) is 45.1 Å². The maximum Gasteiger partial charge on any atom is 0.227 e. The van der Waals surface area contributed by atoms with Crippen LogP contribution in [-0.4, -0.2) is 72.7 Å². The average Bonchev–Trinajstić information content (AvgIpc) is 3.29. The Morgan fingerprint density at radius 3 is 2.22 bits per heavy atom. The van der Waals surface area contributed by atoms with E-state index < -0.39 is 17.6 Å². The Morgan fingerprint density at radius 1 is 0.892 bits per heavy atom. The summed E-state index contributed by atoms with van der Waals surface area (Å²) in [5.74, 6) is -2.21. The summed E-state index contributed by atoms with van der Waals surface area (Å²) in [6.07, 6.45) is 1.91. The van der Waals surface area contributed by atoms with Crippen molar-refractivity contribution in [2.75, 3.05) is 37.7 Å². The molecule has 0 saturated carbocycles. The summed E-state index contributed by atoms with van der Waals surface area (Å²) in [5, 5.41) is 0. The number of benzene rings is 2. The average molecular weight is 516 g/mol. The van der Waals surface area contributed by atoms with Crippen LogP contribution in [0.25, 0.3) is 0 Å². The van der Waals surface area contributed by atoms with Crippen LogP contribution < -0.4 is 4.90 Å². The molecule has 0 aromatic heterocycles. The number of piperazine rings is 1. The zero-order valence-corrected chi connectivity index (χ0v) is 21.7. The fraction of sp³-hybridized carbons (Fsp3) is 0.552. The molecular formula is C29H36F3N3O2. The van der Waals surface area contributed by atoms with Crippen LogP contribution in [0.15, 0.2) is 42.5 Å². The standard InChI is InChI=1S/C29H36F3N3O2/c1-18-14-34(15-19(2)35(18)23-7-4-21(30)5-8-23)29(36)27-17-33(24-10-11-37-20(3)12-24)16-26(27)25-9-6-22(31)13-28(25)32/h4-9,13,18-20,24,26-27H,10-12,14-17H2,1-3H3/t18-,19+,20-,24-,26+,27?/m1/s1. The Labute approximate surface area is 217 Å². The van der Waals surface area contributed by atoms with Crippen LogP contribution in [0.4, 0.5) is 18.9 Å². The maximum absolute atomic E-state index is 15.0. The first-order valence-electron chi connectivity index (χ1n) is 13.3. The molecule has 0 N–H and O–H groups in total. The highest BCUT2D eigenvalue weighted by Gasteiger charge is 2.45. The van der Waals surface area contributed by atoms with Gasteiger partial charge in [-0.2, -0.15) is 0 Å². The van der Waals surface area contributed by atoms with E-state index in [-0.39, 0.29) is 41.9 Å². The van der Waals surface area contributed by atoms with Gasteiger partial charge in [-0.05, 0) is 69.5 Å². The molecule has 5 nitrogen and oxygen atoms in total. The zero-order chi connectivity index (χ0) is 26.3. The van der Waals surface area contributed by atoms with E-state index in [2.05, 4.69) is 30.6 Å². The Kier molecular flexibility index (Phi) is 7.50. The number of halogens is 3.